The summed E-state index contributed by atoms with van der Waals surface area (Å²) in [6.45, 7) is 4.04. The van der Waals surface area contributed by atoms with Gasteiger partial charge >= 0.3 is 6.18 Å². The number of benzene rings is 2. The summed E-state index contributed by atoms with van der Waals surface area (Å²) in [5.41, 5.74) is 0.921. The number of alkyl halides is 3. The van der Waals surface area contributed by atoms with Crippen LogP contribution in [0.5, 0.6) is 5.75 Å². The largest absolute Gasteiger partial charge is 0.496 e. The van der Waals surface area contributed by atoms with E-state index < -0.39 is 11.7 Å². The monoisotopic (exact) mass is 416 g/mol. The zero-order valence-electron chi connectivity index (χ0n) is 16.9. The summed E-state index contributed by atoms with van der Waals surface area (Å²) in [5.74, 6) is 0.547. The van der Waals surface area contributed by atoms with Crippen molar-refractivity contribution in [3.8, 4) is 17.0 Å². The molecule has 0 spiro atoms. The molecule has 1 atom stereocenters. The van der Waals surface area contributed by atoms with E-state index in [2.05, 4.69) is 20.6 Å². The highest BCUT2D eigenvalue weighted by atomic mass is 19.4. The third-order valence-electron chi connectivity index (χ3n) is 4.56. The molecule has 0 saturated carbocycles. The van der Waals surface area contributed by atoms with Crippen molar-refractivity contribution in [3.05, 3.63) is 60.2 Å². The van der Waals surface area contributed by atoms with Crippen LogP contribution >= 0.6 is 0 Å². The second-order valence-corrected chi connectivity index (χ2v) is 6.82. The van der Waals surface area contributed by atoms with E-state index in [1.807, 2.05) is 44.2 Å². The van der Waals surface area contributed by atoms with Crippen molar-refractivity contribution in [2.24, 2.45) is 0 Å². The molecule has 2 aromatic carbocycles. The lowest BCUT2D eigenvalue weighted by molar-refractivity contribution is -0.138. The summed E-state index contributed by atoms with van der Waals surface area (Å²) < 4.78 is 44.9. The lowest BCUT2D eigenvalue weighted by Gasteiger charge is -2.16. The summed E-state index contributed by atoms with van der Waals surface area (Å²) >= 11 is 0. The molecule has 0 amide bonds. The van der Waals surface area contributed by atoms with E-state index >= 15 is 0 Å². The first-order chi connectivity index (χ1) is 14.3. The summed E-state index contributed by atoms with van der Waals surface area (Å²) in [6, 6.07) is 15.2. The van der Waals surface area contributed by atoms with E-state index in [-0.39, 0.29) is 17.5 Å². The fourth-order valence-electron chi connectivity index (χ4n) is 2.81. The molecule has 158 valence electrons. The molecule has 3 rings (SSSR count). The van der Waals surface area contributed by atoms with Crippen molar-refractivity contribution < 1.29 is 17.9 Å². The maximum Gasteiger partial charge on any atom is 0.420 e. The Morgan fingerprint density at radius 2 is 1.77 bits per heavy atom. The number of nitrogens with one attached hydrogen (secondary N) is 2. The molecule has 0 radical (unpaired) electrons. The smallest absolute Gasteiger partial charge is 0.420 e. The van der Waals surface area contributed by atoms with E-state index in [0.29, 0.717) is 17.5 Å². The van der Waals surface area contributed by atoms with Gasteiger partial charge in [0.2, 0.25) is 5.95 Å². The van der Waals surface area contributed by atoms with E-state index in [1.165, 1.54) is 19.2 Å². The molecule has 8 heteroatoms. The van der Waals surface area contributed by atoms with Gasteiger partial charge < -0.3 is 15.4 Å². The number of rotatable bonds is 7. The van der Waals surface area contributed by atoms with Gasteiger partial charge in [0.15, 0.2) is 0 Å². The van der Waals surface area contributed by atoms with Gasteiger partial charge in [-0.15, -0.1) is 0 Å². The Kier molecular flexibility index (Phi) is 6.44. The Morgan fingerprint density at radius 3 is 2.40 bits per heavy atom. The molecule has 1 aromatic heterocycles. The van der Waals surface area contributed by atoms with Crippen molar-refractivity contribution in [3.63, 3.8) is 0 Å². The fourth-order valence-corrected chi connectivity index (χ4v) is 2.81. The number of nitrogens with zero attached hydrogens (tertiary/aromatic N) is 2. The number of halogens is 3. The number of hydrogen-bond donors (Lipinski definition) is 2. The van der Waals surface area contributed by atoms with Gasteiger partial charge in [-0.25, -0.2) is 4.98 Å². The zero-order chi connectivity index (χ0) is 21.7. The molecule has 5 nitrogen and oxygen atoms in total. The molecular weight excluding hydrogens is 393 g/mol. The highest BCUT2D eigenvalue weighted by Crippen LogP contribution is 2.38. The van der Waals surface area contributed by atoms with Gasteiger partial charge in [-0.2, -0.15) is 18.2 Å². The predicted molar refractivity (Wildman–Crippen MR) is 112 cm³/mol. The quantitative estimate of drug-likeness (QED) is 0.486. The molecular formula is C22H23F3N4O. The van der Waals surface area contributed by atoms with Crippen LogP contribution in [0.25, 0.3) is 11.3 Å². The Labute approximate surface area is 173 Å². The van der Waals surface area contributed by atoms with Crippen molar-refractivity contribution in [1.82, 2.24) is 9.97 Å². The van der Waals surface area contributed by atoms with Crippen LogP contribution < -0.4 is 15.4 Å². The molecule has 3 aromatic rings. The van der Waals surface area contributed by atoms with Gasteiger partial charge in [0.05, 0.1) is 18.4 Å². The van der Waals surface area contributed by atoms with E-state index in [9.17, 15) is 13.2 Å². The van der Waals surface area contributed by atoms with Crippen molar-refractivity contribution in [2.75, 3.05) is 17.7 Å². The summed E-state index contributed by atoms with van der Waals surface area (Å²) in [4.78, 5) is 8.99. The number of methoxy groups -OCH3 is 1. The predicted octanol–water partition coefficient (Wildman–Crippen LogP) is 6.13. The number of ether oxygens (including phenoxy) is 1. The lowest BCUT2D eigenvalue weighted by atomic mass is 10.1. The molecule has 0 fully saturated rings. The molecule has 2 N–H and O–H groups in total. The van der Waals surface area contributed by atoms with Gasteiger partial charge in [0.1, 0.15) is 11.6 Å². The minimum atomic E-state index is -4.53. The first-order valence-electron chi connectivity index (χ1n) is 9.53. The molecule has 0 aliphatic carbocycles. The second kappa shape index (κ2) is 9.02. The van der Waals surface area contributed by atoms with Crippen molar-refractivity contribution in [2.45, 2.75) is 32.5 Å². The summed E-state index contributed by atoms with van der Waals surface area (Å²) in [5, 5.41) is 6.18. The van der Waals surface area contributed by atoms with E-state index in [1.54, 1.807) is 6.07 Å². The van der Waals surface area contributed by atoms with Crippen LogP contribution in [-0.2, 0) is 6.18 Å². The van der Waals surface area contributed by atoms with Crippen LogP contribution in [0, 0.1) is 0 Å². The Hall–Kier alpha value is -3.29. The first-order valence-corrected chi connectivity index (χ1v) is 9.53. The average Bonchev–Trinajstić information content (AvgIpc) is 2.73. The second-order valence-electron chi connectivity index (χ2n) is 6.82. The summed E-state index contributed by atoms with van der Waals surface area (Å²) in [7, 11) is 1.21. The van der Waals surface area contributed by atoms with Gasteiger partial charge in [0.25, 0.3) is 0 Å². The number of anilines is 3. The highest BCUT2D eigenvalue weighted by Gasteiger charge is 2.34. The van der Waals surface area contributed by atoms with Gasteiger partial charge in [-0.05, 0) is 31.5 Å². The maximum absolute atomic E-state index is 13.3. The number of hydrogen-bond acceptors (Lipinski definition) is 5. The van der Waals surface area contributed by atoms with Crippen LogP contribution in [0.4, 0.5) is 30.6 Å². The normalized spacial score (nSPS) is 12.3. The Bertz CT molecular complexity index is 993. The average molecular weight is 416 g/mol. The third kappa shape index (κ3) is 5.20. The lowest BCUT2D eigenvalue weighted by Crippen LogP contribution is -2.16. The van der Waals surface area contributed by atoms with Crippen LogP contribution in [0.1, 0.15) is 25.8 Å². The first kappa shape index (κ1) is 21.4. The van der Waals surface area contributed by atoms with E-state index in [4.69, 9.17) is 4.74 Å². The van der Waals surface area contributed by atoms with Crippen LogP contribution in [0.15, 0.2) is 54.6 Å². The molecule has 0 aliphatic heterocycles. The van der Waals surface area contributed by atoms with Crippen LogP contribution in [-0.4, -0.2) is 23.1 Å². The van der Waals surface area contributed by atoms with Gasteiger partial charge in [-0.1, -0.05) is 37.3 Å². The zero-order valence-corrected chi connectivity index (χ0v) is 16.9. The highest BCUT2D eigenvalue weighted by molar-refractivity contribution is 5.68. The maximum atomic E-state index is 13.3. The van der Waals surface area contributed by atoms with Crippen LogP contribution in [0.3, 0.4) is 0 Å². The minimum Gasteiger partial charge on any atom is -0.496 e. The molecule has 0 unspecified atom stereocenters. The van der Waals surface area contributed by atoms with Gasteiger partial charge in [-0.3, -0.25) is 0 Å². The third-order valence-corrected chi connectivity index (χ3v) is 4.56. The van der Waals surface area contributed by atoms with Crippen LogP contribution in [0.2, 0.25) is 0 Å². The van der Waals surface area contributed by atoms with Crippen molar-refractivity contribution >= 4 is 17.5 Å². The topological polar surface area (TPSA) is 59.1 Å². The van der Waals surface area contributed by atoms with Crippen molar-refractivity contribution in [1.29, 1.82) is 0 Å². The SMILES string of the molecule is CC[C@@H](C)Nc1nc(Nc2ccc(OC)c(C(F)(F)F)c2)cc(-c2ccccc2)n1. The molecule has 0 bridgehead atoms. The van der Waals surface area contributed by atoms with Gasteiger partial charge in [0, 0.05) is 23.4 Å². The van der Waals surface area contributed by atoms with E-state index in [0.717, 1.165) is 18.1 Å². The molecule has 0 saturated heterocycles. The standard InChI is InChI=1S/C22H23F3N4O/c1-4-14(2)26-21-28-18(15-8-6-5-7-9-15)13-20(29-21)27-16-10-11-19(30-3)17(12-16)22(23,24)25/h5-14H,4H2,1-3H3,(H2,26,27,28,29)/t14-/m1/s1. The number of aromatic nitrogens is 2. The fraction of sp³-hybridized carbons (Fsp3) is 0.273. The molecule has 30 heavy (non-hydrogen) atoms. The summed E-state index contributed by atoms with van der Waals surface area (Å²) in [6.07, 6.45) is -3.66. The minimum absolute atomic E-state index is 0.140. The molecule has 1 heterocycles. The Morgan fingerprint density at radius 1 is 1.03 bits per heavy atom. The Balaban J connectivity index is 2.00. The molecule has 0 aliphatic rings.